The summed E-state index contributed by atoms with van der Waals surface area (Å²) in [5.41, 5.74) is -0.551. The molecule has 0 aromatic heterocycles. The van der Waals surface area contributed by atoms with Gasteiger partial charge in [0.1, 0.15) is 5.60 Å². The smallest absolute Gasteiger partial charge is 0.391 e. The number of hydrogen-bond acceptors (Lipinski definition) is 3. The van der Waals surface area contributed by atoms with Gasteiger partial charge in [0.2, 0.25) is 0 Å². The lowest BCUT2D eigenvalue weighted by Crippen LogP contribution is -2.54. The normalized spacial score (nSPS) is 27.2. The molecule has 1 aromatic carbocycles. The molecule has 1 aliphatic carbocycles. The fourth-order valence-electron chi connectivity index (χ4n) is 3.38. The molecule has 3 rings (SSSR count). The Kier molecular flexibility index (Phi) is 4.81. The molecule has 4 nitrogen and oxygen atoms in total. The molecule has 1 saturated carbocycles. The molecule has 0 radical (unpaired) electrons. The fraction of sp³-hybridized carbons (Fsp3) is 0.611. The first-order valence-corrected chi connectivity index (χ1v) is 8.49. The number of carbonyl (C=O) groups excluding carboxylic acids is 1. The number of carbonyl (C=O) groups is 1. The Balaban J connectivity index is 1.71. The third kappa shape index (κ3) is 3.82. The van der Waals surface area contributed by atoms with E-state index in [9.17, 15) is 23.1 Å². The summed E-state index contributed by atoms with van der Waals surface area (Å²) in [6.07, 6.45) is -2.26. The van der Waals surface area contributed by atoms with E-state index >= 15 is 0 Å². The van der Waals surface area contributed by atoms with Crippen molar-refractivity contribution < 1.29 is 27.8 Å². The summed E-state index contributed by atoms with van der Waals surface area (Å²) in [5.74, 6) is -0.165. The first kappa shape index (κ1) is 18.2. The Morgan fingerprint density at radius 1 is 1.36 bits per heavy atom. The number of nitrogens with one attached hydrogen (secondary N) is 1. The molecule has 0 bridgehead atoms. The van der Waals surface area contributed by atoms with Gasteiger partial charge in [0.25, 0.3) is 5.91 Å². The summed E-state index contributed by atoms with van der Waals surface area (Å²) in [4.78, 5) is 12.7. The summed E-state index contributed by atoms with van der Waals surface area (Å²) in [7, 11) is 0. The molecule has 2 aliphatic rings. The van der Waals surface area contributed by atoms with E-state index in [1.165, 1.54) is 6.07 Å². The van der Waals surface area contributed by atoms with E-state index in [4.69, 9.17) is 4.74 Å². The molecule has 0 spiro atoms. The number of aryl methyl sites for hydroxylation is 1. The minimum atomic E-state index is -4.41. The van der Waals surface area contributed by atoms with Crippen molar-refractivity contribution in [3.63, 3.8) is 0 Å². The van der Waals surface area contributed by atoms with Crippen molar-refractivity contribution in [2.75, 3.05) is 6.61 Å². The van der Waals surface area contributed by atoms with Crippen LogP contribution in [0.3, 0.4) is 0 Å². The molecule has 1 unspecified atom stereocenters. The van der Waals surface area contributed by atoms with Gasteiger partial charge < -0.3 is 15.2 Å². The SMILES string of the molecule is Cc1ccc(C(F)(F)F)cc1CNC(=O)[C@@]1(C2CC2)CCC(O)CO1. The van der Waals surface area contributed by atoms with Crippen LogP contribution in [0.5, 0.6) is 0 Å². The first-order valence-electron chi connectivity index (χ1n) is 8.49. The van der Waals surface area contributed by atoms with Crippen molar-refractivity contribution in [3.8, 4) is 0 Å². The van der Waals surface area contributed by atoms with E-state index in [1.807, 2.05) is 0 Å². The van der Waals surface area contributed by atoms with E-state index in [2.05, 4.69) is 5.32 Å². The van der Waals surface area contributed by atoms with Crippen molar-refractivity contribution in [3.05, 3.63) is 34.9 Å². The van der Waals surface area contributed by atoms with Gasteiger partial charge in [-0.05, 0) is 61.8 Å². The summed E-state index contributed by atoms with van der Waals surface area (Å²) in [6, 6.07) is 3.53. The van der Waals surface area contributed by atoms with Gasteiger partial charge in [-0.3, -0.25) is 4.79 Å². The monoisotopic (exact) mass is 357 g/mol. The Bertz CT molecular complexity index is 647. The number of benzene rings is 1. The molecule has 1 aromatic rings. The minimum absolute atomic E-state index is 0.0228. The zero-order valence-electron chi connectivity index (χ0n) is 14.0. The summed E-state index contributed by atoms with van der Waals surface area (Å²) in [5, 5.41) is 12.4. The number of hydrogen-bond donors (Lipinski definition) is 2. The van der Waals surface area contributed by atoms with Crippen LogP contribution in [-0.4, -0.2) is 29.3 Å². The average Bonchev–Trinajstić information content (AvgIpc) is 3.39. The quantitative estimate of drug-likeness (QED) is 0.871. The summed E-state index contributed by atoms with van der Waals surface area (Å²) < 4.78 is 44.3. The molecule has 138 valence electrons. The van der Waals surface area contributed by atoms with Crippen molar-refractivity contribution in [2.24, 2.45) is 5.92 Å². The van der Waals surface area contributed by atoms with Crippen LogP contribution in [0.25, 0.3) is 0 Å². The second-order valence-electron chi connectivity index (χ2n) is 6.99. The highest BCUT2D eigenvalue weighted by Crippen LogP contribution is 2.46. The Morgan fingerprint density at radius 3 is 2.64 bits per heavy atom. The lowest BCUT2D eigenvalue weighted by molar-refractivity contribution is -0.169. The highest BCUT2D eigenvalue weighted by Gasteiger charge is 2.53. The fourth-order valence-corrected chi connectivity index (χ4v) is 3.38. The second kappa shape index (κ2) is 6.61. The highest BCUT2D eigenvalue weighted by molar-refractivity contribution is 5.86. The zero-order valence-corrected chi connectivity index (χ0v) is 14.0. The van der Waals surface area contributed by atoms with Crippen LogP contribution in [-0.2, 0) is 22.3 Å². The third-order valence-corrected chi connectivity index (χ3v) is 5.12. The van der Waals surface area contributed by atoms with Crippen LogP contribution < -0.4 is 5.32 Å². The highest BCUT2D eigenvalue weighted by atomic mass is 19.4. The molecule has 1 saturated heterocycles. The van der Waals surface area contributed by atoms with E-state index in [0.29, 0.717) is 24.0 Å². The standard InChI is InChI=1S/C18H22F3NO3/c1-11-2-3-14(18(19,20)21)8-12(11)9-22-16(24)17(13-4-5-13)7-6-15(23)10-25-17/h2-3,8,13,15,23H,4-7,9-10H2,1H3,(H,22,24)/t15?,17-/m0/s1. The Labute approximate surface area is 144 Å². The third-order valence-electron chi connectivity index (χ3n) is 5.12. The van der Waals surface area contributed by atoms with Gasteiger partial charge in [0.05, 0.1) is 18.3 Å². The predicted molar refractivity (Wildman–Crippen MR) is 84.7 cm³/mol. The molecule has 1 aliphatic heterocycles. The van der Waals surface area contributed by atoms with E-state index < -0.39 is 23.4 Å². The van der Waals surface area contributed by atoms with Crippen LogP contribution in [0, 0.1) is 12.8 Å². The maximum atomic E-state index is 12.9. The number of aliphatic hydroxyl groups excluding tert-OH is 1. The van der Waals surface area contributed by atoms with Crippen LogP contribution in [0.4, 0.5) is 13.2 Å². The van der Waals surface area contributed by atoms with Gasteiger partial charge in [0.15, 0.2) is 0 Å². The maximum absolute atomic E-state index is 12.9. The molecule has 2 fully saturated rings. The molecule has 1 heterocycles. The van der Waals surface area contributed by atoms with Crippen molar-refractivity contribution in [2.45, 2.75) is 57.0 Å². The molecule has 2 N–H and O–H groups in total. The number of ether oxygens (including phenoxy) is 1. The zero-order chi connectivity index (χ0) is 18.2. The van der Waals surface area contributed by atoms with E-state index in [-0.39, 0.29) is 25.0 Å². The summed E-state index contributed by atoms with van der Waals surface area (Å²) in [6.45, 7) is 1.85. The molecular formula is C18H22F3NO3. The predicted octanol–water partition coefficient (Wildman–Crippen LogP) is 2.95. The number of amides is 1. The minimum Gasteiger partial charge on any atom is -0.391 e. The number of alkyl halides is 3. The number of aliphatic hydroxyl groups is 1. The van der Waals surface area contributed by atoms with E-state index in [0.717, 1.165) is 25.0 Å². The summed E-state index contributed by atoms with van der Waals surface area (Å²) >= 11 is 0. The molecule has 25 heavy (non-hydrogen) atoms. The van der Waals surface area contributed by atoms with Crippen molar-refractivity contribution in [1.82, 2.24) is 5.32 Å². The molecular weight excluding hydrogens is 335 g/mol. The van der Waals surface area contributed by atoms with Gasteiger partial charge in [-0.2, -0.15) is 13.2 Å². The van der Waals surface area contributed by atoms with Crippen LogP contribution in [0.2, 0.25) is 0 Å². The lowest BCUT2D eigenvalue weighted by Gasteiger charge is -2.38. The molecule has 2 atom stereocenters. The largest absolute Gasteiger partial charge is 0.416 e. The Morgan fingerprint density at radius 2 is 2.08 bits per heavy atom. The van der Waals surface area contributed by atoms with Crippen molar-refractivity contribution in [1.29, 1.82) is 0 Å². The van der Waals surface area contributed by atoms with E-state index in [1.54, 1.807) is 6.92 Å². The maximum Gasteiger partial charge on any atom is 0.416 e. The number of halogens is 3. The first-order chi connectivity index (χ1) is 11.7. The lowest BCUT2D eigenvalue weighted by atomic mass is 9.87. The molecule has 1 amide bonds. The van der Waals surface area contributed by atoms with Crippen molar-refractivity contribution >= 4 is 5.91 Å². The van der Waals surface area contributed by atoms with Gasteiger partial charge in [-0.1, -0.05) is 6.07 Å². The van der Waals surface area contributed by atoms with Crippen LogP contribution in [0.15, 0.2) is 18.2 Å². The average molecular weight is 357 g/mol. The van der Waals surface area contributed by atoms with Gasteiger partial charge >= 0.3 is 6.18 Å². The molecule has 7 heteroatoms. The van der Waals surface area contributed by atoms with Gasteiger partial charge in [-0.15, -0.1) is 0 Å². The number of rotatable bonds is 4. The Hall–Kier alpha value is -1.60. The second-order valence-corrected chi connectivity index (χ2v) is 6.99. The van der Waals surface area contributed by atoms with Gasteiger partial charge in [-0.25, -0.2) is 0 Å². The van der Waals surface area contributed by atoms with Crippen LogP contribution in [0.1, 0.15) is 42.4 Å². The van der Waals surface area contributed by atoms with Gasteiger partial charge in [0, 0.05) is 6.54 Å². The topological polar surface area (TPSA) is 58.6 Å². The van der Waals surface area contributed by atoms with Crippen LogP contribution >= 0.6 is 0 Å².